The standard InChI is InChI=1S/C13H12FN3OS/c1-7-2-3-9(6-10(7)14)11(18)15-13-17-16-12(19-13)8-4-5-8/h2-3,6,8H,4-5H2,1H3,(H,15,17,18). The van der Waals surface area contributed by atoms with Crippen LogP contribution in [0.25, 0.3) is 0 Å². The summed E-state index contributed by atoms with van der Waals surface area (Å²) in [5, 5.41) is 12.0. The molecule has 6 heteroatoms. The number of hydrogen-bond donors (Lipinski definition) is 1. The summed E-state index contributed by atoms with van der Waals surface area (Å²) in [7, 11) is 0. The van der Waals surface area contributed by atoms with E-state index in [-0.39, 0.29) is 17.3 Å². The van der Waals surface area contributed by atoms with Crippen LogP contribution in [0.1, 0.15) is 39.7 Å². The Kier molecular flexibility index (Phi) is 3.02. The van der Waals surface area contributed by atoms with E-state index >= 15 is 0 Å². The first-order chi connectivity index (χ1) is 9.13. The zero-order valence-electron chi connectivity index (χ0n) is 10.3. The van der Waals surface area contributed by atoms with Gasteiger partial charge in [-0.15, -0.1) is 10.2 Å². The Morgan fingerprint density at radius 3 is 2.89 bits per heavy atom. The van der Waals surface area contributed by atoms with Gasteiger partial charge in [-0.05, 0) is 37.5 Å². The van der Waals surface area contributed by atoms with Crippen molar-refractivity contribution in [2.24, 2.45) is 0 Å². The molecule has 0 radical (unpaired) electrons. The average Bonchev–Trinajstić information content (AvgIpc) is 3.14. The summed E-state index contributed by atoms with van der Waals surface area (Å²) >= 11 is 1.39. The highest BCUT2D eigenvalue weighted by Gasteiger charge is 2.27. The van der Waals surface area contributed by atoms with Crippen LogP contribution in [-0.4, -0.2) is 16.1 Å². The largest absolute Gasteiger partial charge is 0.296 e. The molecule has 1 N–H and O–H groups in total. The van der Waals surface area contributed by atoms with Gasteiger partial charge in [0, 0.05) is 11.5 Å². The SMILES string of the molecule is Cc1ccc(C(=O)Nc2nnc(C3CC3)s2)cc1F. The molecule has 1 heterocycles. The van der Waals surface area contributed by atoms with E-state index in [2.05, 4.69) is 15.5 Å². The zero-order chi connectivity index (χ0) is 13.4. The van der Waals surface area contributed by atoms with Crippen molar-refractivity contribution in [2.45, 2.75) is 25.7 Å². The van der Waals surface area contributed by atoms with Crippen LogP contribution in [0.5, 0.6) is 0 Å². The van der Waals surface area contributed by atoms with Crippen molar-refractivity contribution in [3.8, 4) is 0 Å². The van der Waals surface area contributed by atoms with E-state index in [1.165, 1.54) is 17.4 Å². The Labute approximate surface area is 113 Å². The zero-order valence-corrected chi connectivity index (χ0v) is 11.1. The summed E-state index contributed by atoms with van der Waals surface area (Å²) in [6.45, 7) is 1.66. The summed E-state index contributed by atoms with van der Waals surface area (Å²) < 4.78 is 13.4. The van der Waals surface area contributed by atoms with Crippen molar-refractivity contribution in [3.63, 3.8) is 0 Å². The highest BCUT2D eigenvalue weighted by atomic mass is 32.1. The number of rotatable bonds is 3. The van der Waals surface area contributed by atoms with E-state index in [0.29, 0.717) is 16.6 Å². The minimum absolute atomic E-state index is 0.284. The lowest BCUT2D eigenvalue weighted by Crippen LogP contribution is -2.12. The Morgan fingerprint density at radius 2 is 2.21 bits per heavy atom. The van der Waals surface area contributed by atoms with Gasteiger partial charge in [-0.2, -0.15) is 0 Å². The van der Waals surface area contributed by atoms with Crippen LogP contribution < -0.4 is 5.32 Å². The van der Waals surface area contributed by atoms with E-state index in [4.69, 9.17) is 0 Å². The Balaban J connectivity index is 1.74. The van der Waals surface area contributed by atoms with Crippen molar-refractivity contribution in [1.29, 1.82) is 0 Å². The molecule has 0 atom stereocenters. The fourth-order valence-corrected chi connectivity index (χ4v) is 2.59. The van der Waals surface area contributed by atoms with Crippen LogP contribution in [0.3, 0.4) is 0 Å². The lowest BCUT2D eigenvalue weighted by atomic mass is 10.1. The minimum Gasteiger partial charge on any atom is -0.296 e. The first-order valence-electron chi connectivity index (χ1n) is 6.04. The molecule has 2 aromatic rings. The molecule has 1 fully saturated rings. The second-order valence-electron chi connectivity index (χ2n) is 4.64. The number of aryl methyl sites for hydroxylation is 1. The van der Waals surface area contributed by atoms with E-state index in [0.717, 1.165) is 17.8 Å². The summed E-state index contributed by atoms with van der Waals surface area (Å²) in [6.07, 6.45) is 2.29. The third kappa shape index (κ3) is 2.63. The van der Waals surface area contributed by atoms with E-state index in [1.54, 1.807) is 19.1 Å². The third-order valence-corrected chi connectivity index (χ3v) is 4.02. The maximum atomic E-state index is 13.4. The first kappa shape index (κ1) is 12.2. The number of amides is 1. The molecule has 0 spiro atoms. The van der Waals surface area contributed by atoms with Crippen LogP contribution in [-0.2, 0) is 0 Å². The van der Waals surface area contributed by atoms with Gasteiger partial charge in [0.15, 0.2) is 0 Å². The van der Waals surface area contributed by atoms with Gasteiger partial charge >= 0.3 is 0 Å². The molecule has 1 aliphatic carbocycles. The topological polar surface area (TPSA) is 54.9 Å². The normalized spacial score (nSPS) is 14.4. The number of halogens is 1. The molecule has 98 valence electrons. The number of aromatic nitrogens is 2. The summed E-state index contributed by atoms with van der Waals surface area (Å²) in [4.78, 5) is 11.9. The third-order valence-electron chi connectivity index (χ3n) is 3.02. The Morgan fingerprint density at radius 1 is 1.42 bits per heavy atom. The summed E-state index contributed by atoms with van der Waals surface area (Å²) in [6, 6.07) is 4.41. The van der Waals surface area contributed by atoms with E-state index in [9.17, 15) is 9.18 Å². The van der Waals surface area contributed by atoms with Crippen molar-refractivity contribution in [1.82, 2.24) is 10.2 Å². The van der Waals surface area contributed by atoms with Gasteiger partial charge < -0.3 is 0 Å². The van der Waals surface area contributed by atoms with Crippen LogP contribution >= 0.6 is 11.3 Å². The molecule has 3 rings (SSSR count). The Bertz CT molecular complexity index is 637. The van der Waals surface area contributed by atoms with Crippen molar-refractivity contribution in [2.75, 3.05) is 5.32 Å². The molecule has 0 saturated heterocycles. The molecule has 1 aromatic heterocycles. The first-order valence-corrected chi connectivity index (χ1v) is 6.86. The highest BCUT2D eigenvalue weighted by molar-refractivity contribution is 7.15. The smallest absolute Gasteiger partial charge is 0.257 e. The number of anilines is 1. The van der Waals surface area contributed by atoms with Gasteiger partial charge in [0.25, 0.3) is 5.91 Å². The second kappa shape index (κ2) is 4.70. The quantitative estimate of drug-likeness (QED) is 0.937. The van der Waals surface area contributed by atoms with E-state index < -0.39 is 0 Å². The van der Waals surface area contributed by atoms with Gasteiger partial charge in [0.1, 0.15) is 10.8 Å². The molecule has 1 amide bonds. The molecule has 1 aromatic carbocycles. The number of carbonyl (C=O) groups excluding carboxylic acids is 1. The molecular weight excluding hydrogens is 265 g/mol. The number of carbonyl (C=O) groups is 1. The molecular formula is C13H12FN3OS. The van der Waals surface area contributed by atoms with Crippen molar-refractivity contribution < 1.29 is 9.18 Å². The lowest BCUT2D eigenvalue weighted by molar-refractivity contribution is 0.102. The minimum atomic E-state index is -0.386. The molecule has 4 nitrogen and oxygen atoms in total. The number of benzene rings is 1. The van der Waals surface area contributed by atoms with Crippen LogP contribution in [0, 0.1) is 12.7 Å². The van der Waals surface area contributed by atoms with Crippen LogP contribution in [0.4, 0.5) is 9.52 Å². The van der Waals surface area contributed by atoms with Gasteiger partial charge in [0.2, 0.25) is 5.13 Å². The fourth-order valence-electron chi connectivity index (χ4n) is 1.68. The molecule has 0 unspecified atom stereocenters. The van der Waals surface area contributed by atoms with E-state index in [1.807, 2.05) is 0 Å². The lowest BCUT2D eigenvalue weighted by Gasteiger charge is -2.02. The molecule has 1 saturated carbocycles. The number of nitrogens with one attached hydrogen (secondary N) is 1. The highest BCUT2D eigenvalue weighted by Crippen LogP contribution is 2.42. The van der Waals surface area contributed by atoms with Gasteiger partial charge in [-0.1, -0.05) is 17.4 Å². The Hall–Kier alpha value is -1.82. The molecule has 19 heavy (non-hydrogen) atoms. The fraction of sp³-hybridized carbons (Fsp3) is 0.308. The van der Waals surface area contributed by atoms with Gasteiger partial charge in [-0.25, -0.2) is 4.39 Å². The van der Waals surface area contributed by atoms with Gasteiger partial charge in [0.05, 0.1) is 0 Å². The number of hydrogen-bond acceptors (Lipinski definition) is 4. The van der Waals surface area contributed by atoms with Crippen molar-refractivity contribution in [3.05, 3.63) is 40.2 Å². The monoisotopic (exact) mass is 277 g/mol. The maximum absolute atomic E-state index is 13.4. The van der Waals surface area contributed by atoms with Crippen LogP contribution in [0.15, 0.2) is 18.2 Å². The molecule has 1 aliphatic rings. The molecule has 0 aliphatic heterocycles. The van der Waals surface area contributed by atoms with Crippen molar-refractivity contribution >= 4 is 22.4 Å². The maximum Gasteiger partial charge on any atom is 0.257 e. The predicted octanol–water partition coefficient (Wildman–Crippen LogP) is 3.12. The van der Waals surface area contributed by atoms with Gasteiger partial charge in [-0.3, -0.25) is 10.1 Å². The average molecular weight is 277 g/mol. The summed E-state index contributed by atoms with van der Waals surface area (Å²) in [5.74, 6) is -0.235. The molecule has 0 bridgehead atoms. The van der Waals surface area contributed by atoms with Crippen LogP contribution in [0.2, 0.25) is 0 Å². The summed E-state index contributed by atoms with van der Waals surface area (Å²) in [5.41, 5.74) is 0.801. The second-order valence-corrected chi connectivity index (χ2v) is 5.65. The predicted molar refractivity (Wildman–Crippen MR) is 71.0 cm³/mol. The number of nitrogens with zero attached hydrogens (tertiary/aromatic N) is 2.